The van der Waals surface area contributed by atoms with E-state index in [1.54, 1.807) is 10.4 Å². The minimum absolute atomic E-state index is 0.0220. The molecule has 0 saturated carbocycles. The topological polar surface area (TPSA) is 72.0 Å². The molecular formula is C15H23N3O4S. The summed E-state index contributed by atoms with van der Waals surface area (Å²) in [4.78, 5) is 31.9. The molecular weight excluding hydrogens is 318 g/mol. The summed E-state index contributed by atoms with van der Waals surface area (Å²) in [5.41, 5.74) is 1.45. The highest BCUT2D eigenvalue weighted by atomic mass is 32.1. The van der Waals surface area contributed by atoms with Gasteiger partial charge in [-0.2, -0.15) is 0 Å². The lowest BCUT2D eigenvalue weighted by atomic mass is 10.2. The molecule has 0 unspecified atom stereocenters. The fourth-order valence-corrected chi connectivity index (χ4v) is 3.26. The molecule has 1 aromatic rings. The fourth-order valence-electron chi connectivity index (χ4n) is 2.43. The van der Waals surface area contributed by atoms with Gasteiger partial charge < -0.3 is 19.3 Å². The average Bonchev–Trinajstić information content (AvgIpc) is 2.93. The van der Waals surface area contributed by atoms with E-state index in [1.807, 2.05) is 27.7 Å². The van der Waals surface area contributed by atoms with Gasteiger partial charge in [0.2, 0.25) is 0 Å². The number of ether oxygens (including phenoxy) is 2. The molecule has 0 radical (unpaired) electrons. The monoisotopic (exact) mass is 341 g/mol. The van der Waals surface area contributed by atoms with E-state index < -0.39 is 11.6 Å². The molecule has 1 aliphatic rings. The Morgan fingerprint density at radius 3 is 2.61 bits per heavy atom. The molecule has 128 valence electrons. The number of rotatable bonds is 2. The third-order valence-corrected chi connectivity index (χ3v) is 4.36. The van der Waals surface area contributed by atoms with Crippen LogP contribution in [0.4, 0.5) is 9.80 Å². The van der Waals surface area contributed by atoms with Gasteiger partial charge in [0, 0.05) is 25.7 Å². The maximum absolute atomic E-state index is 12.2. The van der Waals surface area contributed by atoms with Gasteiger partial charge in [-0.25, -0.2) is 14.6 Å². The van der Waals surface area contributed by atoms with Crippen molar-refractivity contribution in [2.75, 3.05) is 31.6 Å². The molecule has 23 heavy (non-hydrogen) atoms. The number of hydrogen-bond donors (Lipinski definition) is 0. The van der Waals surface area contributed by atoms with Gasteiger partial charge in [0.1, 0.15) is 10.6 Å². The molecule has 2 heterocycles. The number of nitrogens with zero attached hydrogens (tertiary/aromatic N) is 3. The van der Waals surface area contributed by atoms with Crippen molar-refractivity contribution in [3.05, 3.63) is 11.2 Å². The normalized spacial score (nSPS) is 18.7. The summed E-state index contributed by atoms with van der Waals surface area (Å²) in [7, 11) is 1.34. The van der Waals surface area contributed by atoms with Gasteiger partial charge in [-0.05, 0) is 27.7 Å². The number of carbonyl (C=O) groups excluding carboxylic acids is 2. The van der Waals surface area contributed by atoms with E-state index in [0.29, 0.717) is 25.3 Å². The Morgan fingerprint density at radius 1 is 1.35 bits per heavy atom. The summed E-state index contributed by atoms with van der Waals surface area (Å²) in [6.07, 6.45) is -0.304. The minimum Gasteiger partial charge on any atom is -0.464 e. The lowest BCUT2D eigenvalue weighted by Gasteiger charge is -2.40. The number of amides is 1. The Hall–Kier alpha value is -1.83. The number of methoxy groups -OCH3 is 1. The molecule has 1 atom stereocenters. The van der Waals surface area contributed by atoms with Crippen molar-refractivity contribution >= 4 is 28.4 Å². The van der Waals surface area contributed by atoms with E-state index in [1.165, 1.54) is 18.4 Å². The predicted molar refractivity (Wildman–Crippen MR) is 88.1 cm³/mol. The predicted octanol–water partition coefficient (Wildman–Crippen LogP) is 2.38. The molecule has 0 aromatic carbocycles. The standard InChI is InChI=1S/C15H23N3O4S/c1-10-8-17(12-11(13(19)21-5)16-9-23-12)6-7-18(10)14(20)22-15(2,3)4/h9-10H,6-8H2,1-5H3/t10-/m1/s1. The number of piperazine rings is 1. The maximum Gasteiger partial charge on any atom is 0.410 e. The second kappa shape index (κ2) is 6.74. The molecule has 7 nitrogen and oxygen atoms in total. The van der Waals surface area contributed by atoms with Crippen molar-refractivity contribution in [1.82, 2.24) is 9.88 Å². The molecule has 1 aromatic heterocycles. The molecule has 0 N–H and O–H groups in total. The van der Waals surface area contributed by atoms with Crippen molar-refractivity contribution in [3.8, 4) is 0 Å². The SMILES string of the molecule is COC(=O)c1ncsc1N1CCN(C(=O)OC(C)(C)C)[C@H](C)C1. The highest BCUT2D eigenvalue weighted by Gasteiger charge is 2.33. The Morgan fingerprint density at radius 2 is 2.04 bits per heavy atom. The van der Waals surface area contributed by atoms with E-state index in [2.05, 4.69) is 9.88 Å². The van der Waals surface area contributed by atoms with Crippen LogP contribution >= 0.6 is 11.3 Å². The summed E-state index contributed by atoms with van der Waals surface area (Å²) in [6.45, 7) is 9.30. The number of esters is 1. The highest BCUT2D eigenvalue weighted by molar-refractivity contribution is 7.14. The summed E-state index contributed by atoms with van der Waals surface area (Å²) in [5.74, 6) is -0.441. The molecule has 1 saturated heterocycles. The first-order valence-corrected chi connectivity index (χ1v) is 8.37. The van der Waals surface area contributed by atoms with Crippen LogP contribution in [0.3, 0.4) is 0 Å². The van der Waals surface area contributed by atoms with Crippen LogP contribution in [0.1, 0.15) is 38.2 Å². The third kappa shape index (κ3) is 4.13. The second-order valence-electron chi connectivity index (χ2n) is 6.47. The average molecular weight is 341 g/mol. The number of hydrogen-bond acceptors (Lipinski definition) is 7. The molecule has 0 aliphatic carbocycles. The molecule has 1 amide bonds. The zero-order chi connectivity index (χ0) is 17.2. The largest absolute Gasteiger partial charge is 0.464 e. The molecule has 0 bridgehead atoms. The molecule has 8 heteroatoms. The number of carbonyl (C=O) groups is 2. The van der Waals surface area contributed by atoms with Gasteiger partial charge in [-0.3, -0.25) is 0 Å². The van der Waals surface area contributed by atoms with Crippen molar-refractivity contribution in [2.45, 2.75) is 39.3 Å². The Bertz CT molecular complexity index is 582. The first-order chi connectivity index (χ1) is 10.7. The highest BCUT2D eigenvalue weighted by Crippen LogP contribution is 2.28. The fraction of sp³-hybridized carbons (Fsp3) is 0.667. The Kier molecular flexibility index (Phi) is 5.13. The second-order valence-corrected chi connectivity index (χ2v) is 7.30. The zero-order valence-corrected chi connectivity index (χ0v) is 15.0. The van der Waals surface area contributed by atoms with Crippen molar-refractivity contribution in [1.29, 1.82) is 0 Å². The first kappa shape index (κ1) is 17.5. The van der Waals surface area contributed by atoms with Gasteiger partial charge in [0.25, 0.3) is 0 Å². The third-order valence-electron chi connectivity index (χ3n) is 3.47. The number of aromatic nitrogens is 1. The van der Waals surface area contributed by atoms with E-state index >= 15 is 0 Å². The molecule has 2 rings (SSSR count). The summed E-state index contributed by atoms with van der Waals surface area (Å²) < 4.78 is 10.2. The first-order valence-electron chi connectivity index (χ1n) is 7.49. The van der Waals surface area contributed by atoms with Crippen LogP contribution in [0.5, 0.6) is 0 Å². The summed E-state index contributed by atoms with van der Waals surface area (Å²) in [5, 5.41) is 0.785. The van der Waals surface area contributed by atoms with Gasteiger partial charge in [-0.15, -0.1) is 11.3 Å². The van der Waals surface area contributed by atoms with Crippen LogP contribution in [-0.2, 0) is 9.47 Å². The Labute approximate surface area is 140 Å². The van der Waals surface area contributed by atoms with Gasteiger partial charge in [0.15, 0.2) is 5.69 Å². The van der Waals surface area contributed by atoms with Crippen molar-refractivity contribution < 1.29 is 19.1 Å². The van der Waals surface area contributed by atoms with E-state index in [0.717, 1.165) is 5.00 Å². The van der Waals surface area contributed by atoms with Crippen molar-refractivity contribution in [2.24, 2.45) is 0 Å². The van der Waals surface area contributed by atoms with Crippen LogP contribution in [-0.4, -0.2) is 60.3 Å². The van der Waals surface area contributed by atoms with Crippen LogP contribution in [0, 0.1) is 0 Å². The van der Waals surface area contributed by atoms with Gasteiger partial charge in [-0.1, -0.05) is 0 Å². The number of anilines is 1. The van der Waals surface area contributed by atoms with Gasteiger partial charge >= 0.3 is 12.1 Å². The molecule has 1 aliphatic heterocycles. The molecule has 0 spiro atoms. The van der Waals surface area contributed by atoms with Crippen molar-refractivity contribution in [3.63, 3.8) is 0 Å². The molecule has 1 fully saturated rings. The van der Waals surface area contributed by atoms with Crippen LogP contribution in [0.2, 0.25) is 0 Å². The van der Waals surface area contributed by atoms with E-state index in [9.17, 15) is 9.59 Å². The minimum atomic E-state index is -0.510. The lowest BCUT2D eigenvalue weighted by Crippen LogP contribution is -2.55. The summed E-state index contributed by atoms with van der Waals surface area (Å²) >= 11 is 1.40. The van der Waals surface area contributed by atoms with Crippen LogP contribution in [0.25, 0.3) is 0 Å². The number of thiazole rings is 1. The van der Waals surface area contributed by atoms with E-state index in [4.69, 9.17) is 9.47 Å². The van der Waals surface area contributed by atoms with Gasteiger partial charge in [0.05, 0.1) is 12.6 Å². The summed E-state index contributed by atoms with van der Waals surface area (Å²) in [6, 6.07) is -0.0220. The van der Waals surface area contributed by atoms with Crippen LogP contribution in [0.15, 0.2) is 5.51 Å². The Balaban J connectivity index is 2.06. The van der Waals surface area contributed by atoms with E-state index in [-0.39, 0.29) is 12.1 Å². The lowest BCUT2D eigenvalue weighted by molar-refractivity contribution is 0.0158. The zero-order valence-electron chi connectivity index (χ0n) is 14.2. The van der Waals surface area contributed by atoms with Crippen LogP contribution < -0.4 is 4.90 Å². The smallest absolute Gasteiger partial charge is 0.410 e. The maximum atomic E-state index is 12.2. The quantitative estimate of drug-likeness (QED) is 0.769.